The Kier molecular flexibility index (Phi) is 6.06. The fraction of sp³-hybridized carbons (Fsp3) is 0.286. The van der Waals surface area contributed by atoms with Crippen molar-refractivity contribution in [2.75, 3.05) is 0 Å². The predicted molar refractivity (Wildman–Crippen MR) is 110 cm³/mol. The van der Waals surface area contributed by atoms with E-state index in [0.717, 1.165) is 21.3 Å². The highest BCUT2D eigenvalue weighted by molar-refractivity contribution is 9.10. The number of benzene rings is 2. The summed E-state index contributed by atoms with van der Waals surface area (Å²) < 4.78 is 0.919. The largest absolute Gasteiger partial charge is 0.346 e. The van der Waals surface area contributed by atoms with E-state index in [0.29, 0.717) is 5.56 Å². The van der Waals surface area contributed by atoms with Gasteiger partial charge in [-0.3, -0.25) is 9.59 Å². The lowest BCUT2D eigenvalue weighted by atomic mass is 10.0. The molecule has 1 atom stereocenters. The number of hydrogen-bond acceptors (Lipinski definition) is 3. The molecule has 0 bridgehead atoms. The van der Waals surface area contributed by atoms with Gasteiger partial charge in [0.05, 0.1) is 17.1 Å². The molecule has 0 fully saturated rings. The zero-order chi connectivity index (χ0) is 19.4. The minimum Gasteiger partial charge on any atom is -0.346 e. The number of Topliss-reactive ketones (excluding diaryl/α,β-unsaturated/α-hetero) is 1. The van der Waals surface area contributed by atoms with Crippen LogP contribution in [0, 0.1) is 5.92 Å². The minimum atomic E-state index is -0.229. The first-order valence-electron chi connectivity index (χ1n) is 8.97. The fourth-order valence-corrected chi connectivity index (χ4v) is 3.19. The summed E-state index contributed by atoms with van der Waals surface area (Å²) in [7, 11) is 0. The number of rotatable bonds is 7. The standard InChI is InChI=1S/C21H22BrN3O2/c1-13(2)20(21-23-16-5-3-4-6-17(16)24-21)25-19(27)12-11-18(26)14-7-9-15(22)10-8-14/h3-10,13,20H,11-12H2,1-2H3,(H,23,24)(H,25,27). The highest BCUT2D eigenvalue weighted by atomic mass is 79.9. The summed E-state index contributed by atoms with van der Waals surface area (Å²) in [6.07, 6.45) is 0.330. The van der Waals surface area contributed by atoms with Crippen molar-refractivity contribution in [3.05, 3.63) is 64.4 Å². The second-order valence-electron chi connectivity index (χ2n) is 6.86. The van der Waals surface area contributed by atoms with Gasteiger partial charge < -0.3 is 10.3 Å². The van der Waals surface area contributed by atoms with Crippen molar-refractivity contribution in [3.8, 4) is 0 Å². The summed E-state index contributed by atoms with van der Waals surface area (Å²) in [5, 5.41) is 3.02. The number of carbonyl (C=O) groups is 2. The molecule has 0 radical (unpaired) electrons. The van der Waals surface area contributed by atoms with Crippen LogP contribution in [0.4, 0.5) is 0 Å². The van der Waals surface area contributed by atoms with Crippen molar-refractivity contribution < 1.29 is 9.59 Å². The van der Waals surface area contributed by atoms with Crippen LogP contribution in [0.3, 0.4) is 0 Å². The molecule has 2 aromatic carbocycles. The summed E-state index contributed by atoms with van der Waals surface area (Å²) in [6, 6.07) is 14.7. The maximum absolute atomic E-state index is 12.4. The predicted octanol–water partition coefficient (Wildman–Crippen LogP) is 4.80. The highest BCUT2D eigenvalue weighted by Crippen LogP contribution is 2.22. The Bertz CT molecular complexity index is 914. The molecule has 1 amide bonds. The molecule has 1 aromatic heterocycles. The van der Waals surface area contributed by atoms with E-state index in [-0.39, 0.29) is 36.5 Å². The molecule has 0 aliphatic rings. The van der Waals surface area contributed by atoms with Crippen LogP contribution in [0.2, 0.25) is 0 Å². The molecule has 6 heteroatoms. The smallest absolute Gasteiger partial charge is 0.221 e. The quantitative estimate of drug-likeness (QED) is 0.531. The van der Waals surface area contributed by atoms with Crippen molar-refractivity contribution in [1.29, 1.82) is 0 Å². The third kappa shape index (κ3) is 4.83. The van der Waals surface area contributed by atoms with Gasteiger partial charge in [-0.15, -0.1) is 0 Å². The molecule has 1 heterocycles. The Morgan fingerprint density at radius 1 is 1.07 bits per heavy atom. The SMILES string of the molecule is CC(C)C(NC(=O)CCC(=O)c1ccc(Br)cc1)c1nc2ccccc2[nH]1. The van der Waals surface area contributed by atoms with Gasteiger partial charge in [-0.05, 0) is 30.2 Å². The number of nitrogens with zero attached hydrogens (tertiary/aromatic N) is 1. The molecule has 3 aromatic rings. The summed E-state index contributed by atoms with van der Waals surface area (Å²) >= 11 is 3.35. The number of fused-ring (bicyclic) bond motifs is 1. The van der Waals surface area contributed by atoms with Gasteiger partial charge in [0.2, 0.25) is 5.91 Å². The van der Waals surface area contributed by atoms with Crippen molar-refractivity contribution in [3.63, 3.8) is 0 Å². The normalized spacial score (nSPS) is 12.3. The number of aromatic amines is 1. The molecule has 1 unspecified atom stereocenters. The van der Waals surface area contributed by atoms with Crippen LogP contribution in [0.15, 0.2) is 53.0 Å². The van der Waals surface area contributed by atoms with Crippen LogP contribution in [0.5, 0.6) is 0 Å². The number of nitrogens with one attached hydrogen (secondary N) is 2. The van der Waals surface area contributed by atoms with E-state index in [2.05, 4.69) is 31.2 Å². The Morgan fingerprint density at radius 3 is 2.44 bits per heavy atom. The zero-order valence-electron chi connectivity index (χ0n) is 15.3. The van der Waals surface area contributed by atoms with E-state index in [4.69, 9.17) is 0 Å². The van der Waals surface area contributed by atoms with E-state index in [1.807, 2.05) is 50.2 Å². The average molecular weight is 428 g/mol. The van der Waals surface area contributed by atoms with Crippen LogP contribution in [-0.2, 0) is 4.79 Å². The molecule has 3 rings (SSSR count). The van der Waals surface area contributed by atoms with Gasteiger partial charge in [0.1, 0.15) is 5.82 Å². The van der Waals surface area contributed by atoms with Gasteiger partial charge in [0.25, 0.3) is 0 Å². The lowest BCUT2D eigenvalue weighted by molar-refractivity contribution is -0.122. The third-order valence-electron chi connectivity index (χ3n) is 4.43. The molecular weight excluding hydrogens is 406 g/mol. The number of H-pyrrole nitrogens is 1. The monoisotopic (exact) mass is 427 g/mol. The number of imidazole rings is 1. The Morgan fingerprint density at radius 2 is 1.78 bits per heavy atom. The van der Waals surface area contributed by atoms with E-state index in [1.165, 1.54) is 0 Å². The zero-order valence-corrected chi connectivity index (χ0v) is 16.9. The second-order valence-corrected chi connectivity index (χ2v) is 7.77. The minimum absolute atomic E-state index is 0.0394. The second kappa shape index (κ2) is 8.48. The van der Waals surface area contributed by atoms with Gasteiger partial charge in [-0.25, -0.2) is 4.98 Å². The number of carbonyl (C=O) groups excluding carboxylic acids is 2. The first-order chi connectivity index (χ1) is 12.9. The van der Waals surface area contributed by atoms with Crippen LogP contribution in [0.1, 0.15) is 48.9 Å². The summed E-state index contributed by atoms with van der Waals surface area (Å²) in [5.74, 6) is 0.706. The van der Waals surface area contributed by atoms with Crippen molar-refractivity contribution in [2.24, 2.45) is 5.92 Å². The number of halogens is 1. The molecule has 0 aliphatic heterocycles. The topological polar surface area (TPSA) is 74.8 Å². The third-order valence-corrected chi connectivity index (χ3v) is 4.96. The van der Waals surface area contributed by atoms with Crippen molar-refractivity contribution in [1.82, 2.24) is 15.3 Å². The van der Waals surface area contributed by atoms with Gasteiger partial charge >= 0.3 is 0 Å². The van der Waals surface area contributed by atoms with Crippen LogP contribution in [0.25, 0.3) is 11.0 Å². The molecule has 27 heavy (non-hydrogen) atoms. The Balaban J connectivity index is 1.63. The number of ketones is 1. The first kappa shape index (κ1) is 19.3. The number of para-hydroxylation sites is 2. The average Bonchev–Trinajstić information content (AvgIpc) is 3.08. The van der Waals surface area contributed by atoms with E-state index in [1.54, 1.807) is 12.1 Å². The maximum atomic E-state index is 12.4. The maximum Gasteiger partial charge on any atom is 0.221 e. The molecule has 2 N–H and O–H groups in total. The number of aromatic nitrogens is 2. The van der Waals surface area contributed by atoms with Crippen LogP contribution >= 0.6 is 15.9 Å². The lowest BCUT2D eigenvalue weighted by Gasteiger charge is -2.20. The summed E-state index contributed by atoms with van der Waals surface area (Å²) in [4.78, 5) is 32.6. The van der Waals surface area contributed by atoms with E-state index in [9.17, 15) is 9.59 Å². The van der Waals surface area contributed by atoms with Gasteiger partial charge in [0, 0.05) is 22.9 Å². The van der Waals surface area contributed by atoms with E-state index < -0.39 is 0 Å². The summed E-state index contributed by atoms with van der Waals surface area (Å²) in [5.41, 5.74) is 2.43. The lowest BCUT2D eigenvalue weighted by Crippen LogP contribution is -2.32. The molecule has 5 nitrogen and oxygen atoms in total. The molecule has 0 spiro atoms. The Hall–Kier alpha value is -2.47. The van der Waals surface area contributed by atoms with Gasteiger partial charge in [-0.1, -0.05) is 54.0 Å². The van der Waals surface area contributed by atoms with Crippen molar-refractivity contribution in [2.45, 2.75) is 32.7 Å². The molecule has 0 saturated heterocycles. The van der Waals surface area contributed by atoms with E-state index >= 15 is 0 Å². The van der Waals surface area contributed by atoms with Crippen molar-refractivity contribution >= 4 is 38.7 Å². The van der Waals surface area contributed by atoms with Crippen LogP contribution < -0.4 is 5.32 Å². The first-order valence-corrected chi connectivity index (χ1v) is 9.76. The number of hydrogen-bond donors (Lipinski definition) is 2. The summed E-state index contributed by atoms with van der Waals surface area (Å²) in [6.45, 7) is 4.07. The fourth-order valence-electron chi connectivity index (χ4n) is 2.92. The molecule has 0 saturated carbocycles. The van der Waals surface area contributed by atoms with Crippen LogP contribution in [-0.4, -0.2) is 21.7 Å². The van der Waals surface area contributed by atoms with Gasteiger partial charge in [0.15, 0.2) is 5.78 Å². The highest BCUT2D eigenvalue weighted by Gasteiger charge is 2.22. The Labute approximate surface area is 166 Å². The number of amides is 1. The molecular formula is C21H22BrN3O2. The molecule has 0 aliphatic carbocycles. The van der Waals surface area contributed by atoms with Gasteiger partial charge in [-0.2, -0.15) is 0 Å². The molecule has 140 valence electrons.